The molecule has 190 valence electrons. The van der Waals surface area contributed by atoms with Crippen molar-refractivity contribution in [1.82, 2.24) is 10.2 Å². The van der Waals surface area contributed by atoms with E-state index in [1.807, 2.05) is 7.11 Å². The summed E-state index contributed by atoms with van der Waals surface area (Å²) < 4.78 is 5.84. The zero-order chi connectivity index (χ0) is 24.4. The van der Waals surface area contributed by atoms with Gasteiger partial charge in [0, 0.05) is 30.1 Å². The molecule has 1 N–H and O–H groups in total. The van der Waals surface area contributed by atoms with Crippen LogP contribution >= 0.6 is 0 Å². The van der Waals surface area contributed by atoms with Crippen LogP contribution < -0.4 is 10.1 Å². The number of nitrogens with one attached hydrogen (secondary N) is 1. The van der Waals surface area contributed by atoms with Crippen LogP contribution in [-0.4, -0.2) is 37.2 Å². The van der Waals surface area contributed by atoms with Gasteiger partial charge in [-0.25, -0.2) is 0 Å². The number of hydrogen-bond donors (Lipinski definition) is 1. The van der Waals surface area contributed by atoms with Crippen molar-refractivity contribution in [2.45, 2.75) is 68.5 Å². The molecule has 6 aliphatic rings. The summed E-state index contributed by atoms with van der Waals surface area (Å²) in [6, 6.07) is 25.1. The Labute approximate surface area is 220 Å². The molecule has 2 saturated heterocycles. The van der Waals surface area contributed by atoms with E-state index >= 15 is 0 Å². The molecule has 3 nitrogen and oxygen atoms in total. The zero-order valence-corrected chi connectivity index (χ0v) is 22.0. The third kappa shape index (κ3) is 2.70. The Balaban J connectivity index is 1.20. The summed E-state index contributed by atoms with van der Waals surface area (Å²) in [6.45, 7) is 2.63. The van der Waals surface area contributed by atoms with Crippen molar-refractivity contribution in [3.63, 3.8) is 0 Å². The molecule has 3 aromatic rings. The molecular weight excluding hydrogens is 452 g/mol. The molecular formula is C34H38N2O. The quantitative estimate of drug-likeness (QED) is 0.467. The summed E-state index contributed by atoms with van der Waals surface area (Å²) in [4.78, 5) is 2.99. The van der Waals surface area contributed by atoms with Crippen LogP contribution in [0.2, 0.25) is 0 Å². The number of benzene rings is 3. The van der Waals surface area contributed by atoms with Gasteiger partial charge in [-0.2, -0.15) is 0 Å². The number of nitrogens with zero attached hydrogens (tertiary/aromatic N) is 1. The van der Waals surface area contributed by atoms with Gasteiger partial charge in [0.15, 0.2) is 0 Å². The van der Waals surface area contributed by atoms with E-state index in [0.717, 1.165) is 17.6 Å². The number of ether oxygens (including phenoxy) is 1. The molecule has 0 spiro atoms. The van der Waals surface area contributed by atoms with E-state index in [2.05, 4.69) is 70.9 Å². The normalized spacial score (nSPS) is 39.4. The molecule has 7 atom stereocenters. The molecule has 3 heteroatoms. The van der Waals surface area contributed by atoms with E-state index in [9.17, 15) is 0 Å². The number of likely N-dealkylation sites (tertiary alicyclic amines) is 1. The smallest absolute Gasteiger partial charge is 0.119 e. The first-order valence-corrected chi connectivity index (χ1v) is 14.9. The third-order valence-corrected chi connectivity index (χ3v) is 12.1. The fraction of sp³-hybridized carbons (Fsp3) is 0.529. The standard InChI is InChI=1S/C34H38N2O/c1-37-26-11-10-24-17-30-33-13-12-29-31(34(33,28(24)18-26)14-15-36(30)20-21-6-7-21)27(19-33)32(35-29)25-9-8-22-4-2-3-5-23(22)16-25/h2-5,8-11,16,18,21,27,29-32,35H,6-7,12-15,17,19-20H2,1H3/t27-,29+,30+,31+,32+,33+,34+/m0/s1. The van der Waals surface area contributed by atoms with Crippen LogP contribution in [0.4, 0.5) is 0 Å². The molecule has 4 bridgehead atoms. The Hall–Kier alpha value is -2.36. The largest absolute Gasteiger partial charge is 0.497 e. The average Bonchev–Trinajstić information content (AvgIpc) is 3.62. The predicted octanol–water partition coefficient (Wildman–Crippen LogP) is 6.26. The van der Waals surface area contributed by atoms with Gasteiger partial charge in [0.2, 0.25) is 0 Å². The minimum absolute atomic E-state index is 0.298. The summed E-state index contributed by atoms with van der Waals surface area (Å²) in [6.07, 6.45) is 9.62. The lowest BCUT2D eigenvalue weighted by molar-refractivity contribution is -0.0945. The molecule has 0 radical (unpaired) electrons. The summed E-state index contributed by atoms with van der Waals surface area (Å²) in [5, 5.41) is 6.99. The number of rotatable bonds is 4. The van der Waals surface area contributed by atoms with E-state index in [0.29, 0.717) is 34.9 Å². The molecule has 5 fully saturated rings. The maximum absolute atomic E-state index is 5.84. The van der Waals surface area contributed by atoms with E-state index in [1.165, 1.54) is 74.4 Å². The Morgan fingerprint density at radius 2 is 1.86 bits per heavy atom. The van der Waals surface area contributed by atoms with Gasteiger partial charge in [-0.15, -0.1) is 0 Å². The third-order valence-electron chi connectivity index (χ3n) is 12.1. The van der Waals surface area contributed by atoms with E-state index in [1.54, 1.807) is 11.1 Å². The highest BCUT2D eigenvalue weighted by molar-refractivity contribution is 5.83. The molecule has 3 aromatic carbocycles. The van der Waals surface area contributed by atoms with Crippen LogP contribution in [0.5, 0.6) is 5.75 Å². The molecule has 2 heterocycles. The van der Waals surface area contributed by atoms with Gasteiger partial charge in [-0.1, -0.05) is 42.5 Å². The molecule has 2 aliphatic heterocycles. The van der Waals surface area contributed by atoms with Crippen molar-refractivity contribution in [3.05, 3.63) is 77.4 Å². The molecule has 3 saturated carbocycles. The van der Waals surface area contributed by atoms with Crippen LogP contribution in [-0.2, 0) is 11.8 Å². The fourth-order valence-electron chi connectivity index (χ4n) is 10.7. The van der Waals surface area contributed by atoms with Crippen molar-refractivity contribution in [2.24, 2.45) is 23.2 Å². The lowest BCUT2D eigenvalue weighted by atomic mass is 9.43. The number of piperidine rings is 1. The predicted molar refractivity (Wildman–Crippen MR) is 148 cm³/mol. The molecule has 9 rings (SSSR count). The highest BCUT2D eigenvalue weighted by atomic mass is 16.5. The molecule has 0 aromatic heterocycles. The topological polar surface area (TPSA) is 24.5 Å². The Kier molecular flexibility index (Phi) is 4.31. The number of methoxy groups -OCH3 is 1. The first-order valence-electron chi connectivity index (χ1n) is 14.9. The Morgan fingerprint density at radius 3 is 2.73 bits per heavy atom. The van der Waals surface area contributed by atoms with Crippen LogP contribution in [0, 0.1) is 23.2 Å². The van der Waals surface area contributed by atoms with Crippen LogP contribution in [0.15, 0.2) is 60.7 Å². The van der Waals surface area contributed by atoms with Gasteiger partial charge in [-0.05, 0) is 120 Å². The summed E-state index contributed by atoms with van der Waals surface area (Å²) in [5.41, 5.74) is 5.53. The summed E-state index contributed by atoms with van der Waals surface area (Å²) in [5.74, 6) is 3.47. The first kappa shape index (κ1) is 21.6. The SMILES string of the molecule is COc1ccc2c(c1)[C@@]13CCN(CC4CC4)[C@H](C2)[C@]12CC[C@H]1N[C@H](c4ccc5ccccc5c4)[C@@H](C2)[C@H]13. The number of hydrogen-bond acceptors (Lipinski definition) is 3. The van der Waals surface area contributed by atoms with E-state index in [-0.39, 0.29) is 0 Å². The average molecular weight is 491 g/mol. The van der Waals surface area contributed by atoms with Crippen molar-refractivity contribution >= 4 is 10.8 Å². The second kappa shape index (κ2) is 7.39. The minimum Gasteiger partial charge on any atom is -0.497 e. The van der Waals surface area contributed by atoms with Crippen LogP contribution in [0.25, 0.3) is 10.8 Å². The maximum atomic E-state index is 5.84. The van der Waals surface area contributed by atoms with Gasteiger partial charge in [-0.3, -0.25) is 4.90 Å². The highest BCUT2D eigenvalue weighted by Gasteiger charge is 2.76. The van der Waals surface area contributed by atoms with E-state index in [4.69, 9.17) is 4.74 Å². The zero-order valence-electron chi connectivity index (χ0n) is 22.0. The molecule has 0 unspecified atom stereocenters. The van der Waals surface area contributed by atoms with Crippen molar-refractivity contribution in [3.8, 4) is 5.75 Å². The van der Waals surface area contributed by atoms with Gasteiger partial charge in [0.1, 0.15) is 5.75 Å². The lowest BCUT2D eigenvalue weighted by Gasteiger charge is -2.66. The fourth-order valence-corrected chi connectivity index (χ4v) is 10.7. The Morgan fingerprint density at radius 1 is 0.973 bits per heavy atom. The van der Waals surface area contributed by atoms with Gasteiger partial charge in [0.25, 0.3) is 0 Å². The Bertz CT molecular complexity index is 1410. The second-order valence-electron chi connectivity index (χ2n) is 13.3. The summed E-state index contributed by atoms with van der Waals surface area (Å²) in [7, 11) is 1.84. The molecule has 4 aliphatic carbocycles. The molecule has 37 heavy (non-hydrogen) atoms. The monoisotopic (exact) mass is 490 g/mol. The van der Waals surface area contributed by atoms with Crippen molar-refractivity contribution < 1.29 is 4.74 Å². The van der Waals surface area contributed by atoms with Crippen LogP contribution in [0.1, 0.15) is 61.3 Å². The minimum atomic E-state index is 0.298. The van der Waals surface area contributed by atoms with Crippen LogP contribution in [0.3, 0.4) is 0 Å². The number of fused-ring (bicyclic) bond motifs is 2. The summed E-state index contributed by atoms with van der Waals surface area (Å²) >= 11 is 0. The maximum Gasteiger partial charge on any atom is 0.119 e. The van der Waals surface area contributed by atoms with E-state index < -0.39 is 0 Å². The second-order valence-corrected chi connectivity index (χ2v) is 13.3. The van der Waals surface area contributed by atoms with Gasteiger partial charge in [0.05, 0.1) is 7.11 Å². The first-order chi connectivity index (χ1) is 18.2. The van der Waals surface area contributed by atoms with Crippen molar-refractivity contribution in [1.29, 1.82) is 0 Å². The molecule has 0 amide bonds. The van der Waals surface area contributed by atoms with Crippen molar-refractivity contribution in [2.75, 3.05) is 20.2 Å². The lowest BCUT2D eigenvalue weighted by Crippen LogP contribution is -2.69. The highest BCUT2D eigenvalue weighted by Crippen LogP contribution is 2.76. The van der Waals surface area contributed by atoms with Gasteiger partial charge >= 0.3 is 0 Å². The van der Waals surface area contributed by atoms with Gasteiger partial charge < -0.3 is 10.1 Å².